The summed E-state index contributed by atoms with van der Waals surface area (Å²) >= 11 is 0. The van der Waals surface area contributed by atoms with Gasteiger partial charge in [0, 0.05) is 6.04 Å². The average molecular weight is 442 g/mol. The number of aryl methyl sites for hydroxylation is 2. The van der Waals surface area contributed by atoms with E-state index in [1.54, 1.807) is 33.1 Å². The molecule has 1 heterocycles. The predicted octanol–water partition coefficient (Wildman–Crippen LogP) is 2.73. The maximum Gasteiger partial charge on any atom is 0.184 e. The van der Waals surface area contributed by atoms with E-state index >= 15 is 0 Å². The van der Waals surface area contributed by atoms with Crippen LogP contribution in [0.2, 0.25) is 0 Å². The molecule has 3 rings (SSSR count). The molecule has 29 heavy (non-hydrogen) atoms. The molecule has 0 radical (unpaired) electrons. The van der Waals surface area contributed by atoms with Crippen LogP contribution in [-0.4, -0.2) is 53.3 Å². The summed E-state index contributed by atoms with van der Waals surface area (Å²) < 4.78 is 56.7. The Morgan fingerprint density at radius 2 is 1.90 bits per heavy atom. The summed E-state index contributed by atoms with van der Waals surface area (Å²) in [4.78, 5) is 0.194. The fraction of sp³-hybridized carbons (Fsp3) is 0.619. The van der Waals surface area contributed by atoms with E-state index in [1.807, 2.05) is 0 Å². The molecule has 0 bridgehead atoms. The van der Waals surface area contributed by atoms with Crippen LogP contribution in [0.3, 0.4) is 0 Å². The largest absolute Gasteiger partial charge is 0.496 e. The zero-order valence-corrected chi connectivity index (χ0v) is 19.0. The summed E-state index contributed by atoms with van der Waals surface area (Å²) in [6.45, 7) is 4.10. The van der Waals surface area contributed by atoms with Gasteiger partial charge in [0.25, 0.3) is 0 Å². The second-order valence-electron chi connectivity index (χ2n) is 8.17. The Bertz CT molecular complexity index is 996. The number of methoxy groups -OCH3 is 1. The van der Waals surface area contributed by atoms with E-state index in [2.05, 4.69) is 11.4 Å². The number of hydrogen-bond acceptors (Lipinski definition) is 6. The summed E-state index contributed by atoms with van der Waals surface area (Å²) in [6, 6.07) is 2.71. The van der Waals surface area contributed by atoms with Crippen molar-refractivity contribution in [3.05, 3.63) is 34.9 Å². The van der Waals surface area contributed by atoms with Gasteiger partial charge in [0.2, 0.25) is 0 Å². The van der Waals surface area contributed by atoms with Crippen LogP contribution in [0, 0.1) is 13.8 Å². The van der Waals surface area contributed by atoms with Crippen LogP contribution in [-0.2, 0) is 19.7 Å². The molecule has 1 saturated heterocycles. The van der Waals surface area contributed by atoms with Gasteiger partial charge in [-0.25, -0.2) is 16.8 Å². The fourth-order valence-electron chi connectivity index (χ4n) is 4.31. The molecule has 2 aliphatic rings. The van der Waals surface area contributed by atoms with Crippen LogP contribution in [0.4, 0.5) is 0 Å². The van der Waals surface area contributed by atoms with Gasteiger partial charge in [0.1, 0.15) is 5.75 Å². The topological polar surface area (TPSA) is 89.5 Å². The van der Waals surface area contributed by atoms with Crippen molar-refractivity contribution in [3.8, 4) is 5.75 Å². The molecule has 0 spiro atoms. The first kappa shape index (κ1) is 22.3. The van der Waals surface area contributed by atoms with Gasteiger partial charge in [-0.2, -0.15) is 0 Å². The molecule has 8 heteroatoms. The molecule has 1 aromatic carbocycles. The first-order chi connectivity index (χ1) is 13.6. The van der Waals surface area contributed by atoms with Crippen LogP contribution in [0.15, 0.2) is 28.7 Å². The highest BCUT2D eigenvalue weighted by Gasteiger charge is 2.46. The Labute approximate surface area is 174 Å². The smallest absolute Gasteiger partial charge is 0.184 e. The summed E-state index contributed by atoms with van der Waals surface area (Å²) in [5.41, 5.74) is 2.67. The van der Waals surface area contributed by atoms with Crippen LogP contribution >= 0.6 is 0 Å². The molecule has 0 saturated carbocycles. The fourth-order valence-corrected chi connectivity index (χ4v) is 9.34. The summed E-state index contributed by atoms with van der Waals surface area (Å²) in [5.74, 6) is 0.153. The third-order valence-electron chi connectivity index (χ3n) is 5.94. The SMILES string of the molecule is COc1cc(C)c(S(=O)(=O)[C@H]2CS(=O)(=O)C[C@@H]2NCCC2=CCCCC2)cc1C. The lowest BCUT2D eigenvalue weighted by molar-refractivity contribution is 0.411. The number of nitrogens with one attached hydrogen (secondary N) is 1. The van der Waals surface area contributed by atoms with Gasteiger partial charge in [-0.15, -0.1) is 0 Å². The third-order valence-corrected chi connectivity index (χ3v) is 10.2. The molecule has 0 amide bonds. The van der Waals surface area contributed by atoms with Gasteiger partial charge in [-0.05, 0) is 75.8 Å². The second-order valence-corrected chi connectivity index (χ2v) is 12.5. The minimum Gasteiger partial charge on any atom is -0.496 e. The van der Waals surface area contributed by atoms with Crippen LogP contribution in [0.5, 0.6) is 5.75 Å². The van der Waals surface area contributed by atoms with Crippen molar-refractivity contribution in [1.29, 1.82) is 0 Å². The Morgan fingerprint density at radius 3 is 2.55 bits per heavy atom. The molecule has 1 aliphatic heterocycles. The molecule has 162 valence electrons. The van der Waals surface area contributed by atoms with Crippen LogP contribution < -0.4 is 10.1 Å². The lowest BCUT2D eigenvalue weighted by Gasteiger charge is -2.22. The van der Waals surface area contributed by atoms with Crippen molar-refractivity contribution >= 4 is 19.7 Å². The van der Waals surface area contributed by atoms with E-state index in [9.17, 15) is 16.8 Å². The van der Waals surface area contributed by atoms with Crippen LogP contribution in [0.1, 0.15) is 43.2 Å². The molecular formula is C21H31NO5S2. The Hall–Kier alpha value is -1.38. The zero-order chi connectivity index (χ0) is 21.2. The lowest BCUT2D eigenvalue weighted by Crippen LogP contribution is -2.44. The number of hydrogen-bond donors (Lipinski definition) is 1. The highest BCUT2D eigenvalue weighted by Crippen LogP contribution is 2.32. The Kier molecular flexibility index (Phi) is 6.75. The van der Waals surface area contributed by atoms with Gasteiger partial charge >= 0.3 is 0 Å². The quantitative estimate of drug-likeness (QED) is 0.655. The summed E-state index contributed by atoms with van der Waals surface area (Å²) in [5, 5.41) is 2.27. The molecule has 6 nitrogen and oxygen atoms in total. The van der Waals surface area contributed by atoms with Crippen molar-refractivity contribution < 1.29 is 21.6 Å². The Morgan fingerprint density at radius 1 is 1.14 bits per heavy atom. The molecule has 2 atom stereocenters. The second kappa shape index (κ2) is 8.78. The van der Waals surface area contributed by atoms with Gasteiger partial charge < -0.3 is 10.1 Å². The van der Waals surface area contributed by atoms with E-state index in [1.165, 1.54) is 18.4 Å². The summed E-state index contributed by atoms with van der Waals surface area (Å²) in [6.07, 6.45) is 7.69. The molecule has 1 fully saturated rings. The molecule has 1 aromatic rings. The molecule has 0 unspecified atom stereocenters. The highest BCUT2D eigenvalue weighted by molar-refractivity contribution is 7.96. The van der Waals surface area contributed by atoms with Crippen molar-refractivity contribution in [2.24, 2.45) is 0 Å². The first-order valence-corrected chi connectivity index (χ1v) is 13.5. The minimum absolute atomic E-state index is 0.135. The maximum atomic E-state index is 13.4. The van der Waals surface area contributed by atoms with E-state index in [0.29, 0.717) is 23.4 Å². The predicted molar refractivity (Wildman–Crippen MR) is 115 cm³/mol. The molecule has 1 N–H and O–H groups in total. The average Bonchev–Trinajstić information content (AvgIpc) is 2.99. The number of allylic oxidation sites excluding steroid dienone is 1. The lowest BCUT2D eigenvalue weighted by atomic mass is 9.97. The number of benzene rings is 1. The Balaban J connectivity index is 1.82. The third kappa shape index (κ3) is 5.03. The van der Waals surface area contributed by atoms with Crippen molar-refractivity contribution in [3.63, 3.8) is 0 Å². The highest BCUT2D eigenvalue weighted by atomic mass is 32.2. The van der Waals surface area contributed by atoms with E-state index in [4.69, 9.17) is 4.74 Å². The maximum absolute atomic E-state index is 13.4. The number of rotatable bonds is 7. The van der Waals surface area contributed by atoms with Crippen molar-refractivity contribution in [2.75, 3.05) is 25.2 Å². The molecule has 1 aliphatic carbocycles. The monoisotopic (exact) mass is 441 g/mol. The van der Waals surface area contributed by atoms with E-state index < -0.39 is 31.0 Å². The molecular weight excluding hydrogens is 410 g/mol. The zero-order valence-electron chi connectivity index (χ0n) is 17.4. The standard InChI is InChI=1S/C21H31NO5S2/c1-15-12-20(16(2)11-19(15)27-3)29(25,26)21-14-28(23,24)13-18(21)22-10-9-17-7-5-4-6-8-17/h7,11-12,18,21-22H,4-6,8-10,13-14H2,1-3H3/t18-,21-/m0/s1. The summed E-state index contributed by atoms with van der Waals surface area (Å²) in [7, 11) is -5.67. The number of sulfone groups is 2. The van der Waals surface area contributed by atoms with E-state index in [-0.39, 0.29) is 16.4 Å². The van der Waals surface area contributed by atoms with Gasteiger partial charge in [-0.3, -0.25) is 0 Å². The van der Waals surface area contributed by atoms with Gasteiger partial charge in [0.05, 0.1) is 28.8 Å². The van der Waals surface area contributed by atoms with Crippen LogP contribution in [0.25, 0.3) is 0 Å². The first-order valence-electron chi connectivity index (χ1n) is 10.1. The van der Waals surface area contributed by atoms with Gasteiger partial charge in [-0.1, -0.05) is 11.6 Å². The van der Waals surface area contributed by atoms with E-state index in [0.717, 1.165) is 19.3 Å². The number of ether oxygens (including phenoxy) is 1. The molecule has 0 aromatic heterocycles. The normalized spacial score (nSPS) is 24.3. The van der Waals surface area contributed by atoms with Gasteiger partial charge in [0.15, 0.2) is 19.7 Å². The van der Waals surface area contributed by atoms with Crippen molar-refractivity contribution in [2.45, 2.75) is 62.1 Å². The van der Waals surface area contributed by atoms with Crippen molar-refractivity contribution in [1.82, 2.24) is 5.32 Å². The minimum atomic E-state index is -3.80.